The van der Waals surface area contributed by atoms with Crippen LogP contribution in [0.5, 0.6) is 0 Å². The van der Waals surface area contributed by atoms with Gasteiger partial charge in [-0.25, -0.2) is 4.79 Å². The maximum absolute atomic E-state index is 12.6. The Balaban J connectivity index is 1.54. The van der Waals surface area contributed by atoms with E-state index >= 15 is 0 Å². The first-order valence-electron chi connectivity index (χ1n) is 9.41. The summed E-state index contributed by atoms with van der Waals surface area (Å²) in [5.74, 6) is -1.20. The lowest BCUT2D eigenvalue weighted by Crippen LogP contribution is -2.47. The molecule has 1 heterocycles. The van der Waals surface area contributed by atoms with E-state index in [1.165, 1.54) is 6.07 Å². The Morgan fingerprint density at radius 1 is 1.00 bits per heavy atom. The maximum Gasteiger partial charge on any atom is 0.335 e. The minimum atomic E-state index is -1.03. The molecule has 1 saturated heterocycles. The highest BCUT2D eigenvalue weighted by Gasteiger charge is 2.25. The fourth-order valence-electron chi connectivity index (χ4n) is 3.52. The van der Waals surface area contributed by atoms with E-state index in [0.29, 0.717) is 37.1 Å². The maximum atomic E-state index is 12.6. The first-order chi connectivity index (χ1) is 13.5. The minimum Gasteiger partial charge on any atom is -0.478 e. The van der Waals surface area contributed by atoms with Crippen molar-refractivity contribution in [2.24, 2.45) is 0 Å². The molecule has 0 radical (unpaired) electrons. The first kappa shape index (κ1) is 19.6. The molecule has 0 aromatic heterocycles. The topological polar surface area (TPSA) is 86.7 Å². The molecule has 146 valence electrons. The third-order valence-electron chi connectivity index (χ3n) is 5.16. The fourth-order valence-corrected chi connectivity index (χ4v) is 3.52. The van der Waals surface area contributed by atoms with Crippen molar-refractivity contribution in [3.8, 4) is 0 Å². The van der Waals surface area contributed by atoms with Gasteiger partial charge in [-0.3, -0.25) is 9.59 Å². The number of likely N-dealkylation sites (tertiary alicyclic amines) is 1. The van der Waals surface area contributed by atoms with Gasteiger partial charge in [-0.15, -0.1) is 0 Å². The highest BCUT2D eigenvalue weighted by Crippen LogP contribution is 2.16. The van der Waals surface area contributed by atoms with E-state index in [4.69, 9.17) is 0 Å². The van der Waals surface area contributed by atoms with Crippen LogP contribution < -0.4 is 5.32 Å². The van der Waals surface area contributed by atoms with Crippen LogP contribution in [0.2, 0.25) is 0 Å². The molecule has 1 aliphatic heterocycles. The molecule has 1 fully saturated rings. The summed E-state index contributed by atoms with van der Waals surface area (Å²) in [6.45, 7) is 3.00. The molecule has 6 nitrogen and oxygen atoms in total. The summed E-state index contributed by atoms with van der Waals surface area (Å²) in [5, 5.41) is 12.3. The Bertz CT molecular complexity index is 886. The number of carbonyl (C=O) groups excluding carboxylic acids is 2. The first-order valence-corrected chi connectivity index (χ1v) is 9.41. The van der Waals surface area contributed by atoms with Crippen molar-refractivity contribution in [1.29, 1.82) is 0 Å². The van der Waals surface area contributed by atoms with E-state index in [2.05, 4.69) is 5.32 Å². The SMILES string of the molecule is Cc1ccccc1C(=O)NC1CCN(C(=O)Cc2ccccc2C(=O)O)CC1. The number of carboxylic acid groups (broad SMARTS) is 1. The van der Waals surface area contributed by atoms with E-state index in [-0.39, 0.29) is 29.8 Å². The van der Waals surface area contributed by atoms with Crippen molar-refractivity contribution >= 4 is 17.8 Å². The van der Waals surface area contributed by atoms with Crippen LogP contribution in [0.1, 0.15) is 44.7 Å². The van der Waals surface area contributed by atoms with Gasteiger partial charge in [0.1, 0.15) is 0 Å². The molecule has 0 spiro atoms. The van der Waals surface area contributed by atoms with E-state index < -0.39 is 5.97 Å². The lowest BCUT2D eigenvalue weighted by atomic mass is 10.0. The molecule has 0 saturated carbocycles. The van der Waals surface area contributed by atoms with Crippen LogP contribution in [-0.4, -0.2) is 46.9 Å². The van der Waals surface area contributed by atoms with E-state index in [1.807, 2.05) is 31.2 Å². The third-order valence-corrected chi connectivity index (χ3v) is 5.16. The van der Waals surface area contributed by atoms with Crippen LogP contribution in [-0.2, 0) is 11.2 Å². The number of amides is 2. The zero-order chi connectivity index (χ0) is 20.1. The van der Waals surface area contributed by atoms with Crippen molar-refractivity contribution in [1.82, 2.24) is 10.2 Å². The second-order valence-corrected chi connectivity index (χ2v) is 7.08. The van der Waals surface area contributed by atoms with Crippen LogP contribution in [0.4, 0.5) is 0 Å². The summed E-state index contributed by atoms with van der Waals surface area (Å²) < 4.78 is 0. The lowest BCUT2D eigenvalue weighted by molar-refractivity contribution is -0.131. The van der Waals surface area contributed by atoms with Crippen LogP contribution in [0.3, 0.4) is 0 Å². The summed E-state index contributed by atoms with van der Waals surface area (Å²) in [6.07, 6.45) is 1.44. The smallest absolute Gasteiger partial charge is 0.335 e. The predicted molar refractivity (Wildman–Crippen MR) is 105 cm³/mol. The summed E-state index contributed by atoms with van der Waals surface area (Å²) in [7, 11) is 0. The zero-order valence-corrected chi connectivity index (χ0v) is 15.9. The van der Waals surface area contributed by atoms with Gasteiger partial charge in [0.15, 0.2) is 0 Å². The van der Waals surface area contributed by atoms with Crippen molar-refractivity contribution in [2.45, 2.75) is 32.2 Å². The molecule has 0 bridgehead atoms. The van der Waals surface area contributed by atoms with Crippen LogP contribution in [0.25, 0.3) is 0 Å². The molecule has 2 amide bonds. The van der Waals surface area contributed by atoms with E-state index in [1.54, 1.807) is 23.1 Å². The number of hydrogen-bond acceptors (Lipinski definition) is 3. The second kappa shape index (κ2) is 8.69. The number of rotatable bonds is 5. The van der Waals surface area contributed by atoms with Gasteiger partial charge in [0.25, 0.3) is 5.91 Å². The average molecular weight is 380 g/mol. The lowest BCUT2D eigenvalue weighted by Gasteiger charge is -2.32. The number of aryl methyl sites for hydroxylation is 1. The largest absolute Gasteiger partial charge is 0.478 e. The molecular formula is C22H24N2O4. The van der Waals surface area contributed by atoms with E-state index in [0.717, 1.165) is 5.56 Å². The van der Waals surface area contributed by atoms with Crippen molar-refractivity contribution < 1.29 is 19.5 Å². The average Bonchev–Trinajstić information content (AvgIpc) is 2.69. The summed E-state index contributed by atoms with van der Waals surface area (Å²) >= 11 is 0. The Hall–Kier alpha value is -3.15. The minimum absolute atomic E-state index is 0.0301. The molecular weight excluding hydrogens is 356 g/mol. The molecule has 0 aliphatic carbocycles. The normalized spacial score (nSPS) is 14.5. The molecule has 3 rings (SSSR count). The summed E-state index contributed by atoms with van der Waals surface area (Å²) in [5.41, 5.74) is 2.29. The van der Waals surface area contributed by atoms with Gasteiger partial charge in [-0.05, 0) is 43.0 Å². The highest BCUT2D eigenvalue weighted by molar-refractivity contribution is 5.95. The number of carboxylic acids is 1. The number of nitrogens with zero attached hydrogens (tertiary/aromatic N) is 1. The van der Waals surface area contributed by atoms with Gasteiger partial charge in [0.05, 0.1) is 12.0 Å². The second-order valence-electron chi connectivity index (χ2n) is 7.08. The molecule has 6 heteroatoms. The highest BCUT2D eigenvalue weighted by atomic mass is 16.4. The number of nitrogens with one attached hydrogen (secondary N) is 1. The number of piperidine rings is 1. The molecule has 0 unspecified atom stereocenters. The van der Waals surface area contributed by atoms with Gasteiger partial charge in [0.2, 0.25) is 5.91 Å². The molecule has 2 aromatic rings. The van der Waals surface area contributed by atoms with Gasteiger partial charge in [0, 0.05) is 24.7 Å². The Kier molecular flexibility index (Phi) is 6.09. The summed E-state index contributed by atoms with van der Waals surface area (Å²) in [4.78, 5) is 38.1. The number of benzene rings is 2. The van der Waals surface area contributed by atoms with Crippen LogP contribution in [0.15, 0.2) is 48.5 Å². The predicted octanol–water partition coefficient (Wildman–Crippen LogP) is 2.66. The summed E-state index contributed by atoms with van der Waals surface area (Å²) in [6, 6.07) is 14.1. The van der Waals surface area contributed by atoms with Crippen molar-refractivity contribution in [3.63, 3.8) is 0 Å². The Morgan fingerprint density at radius 3 is 2.25 bits per heavy atom. The van der Waals surface area contributed by atoms with Gasteiger partial charge in [-0.1, -0.05) is 36.4 Å². The zero-order valence-electron chi connectivity index (χ0n) is 15.9. The molecule has 28 heavy (non-hydrogen) atoms. The molecule has 1 aliphatic rings. The molecule has 2 N–H and O–H groups in total. The van der Waals surface area contributed by atoms with Crippen molar-refractivity contribution in [3.05, 3.63) is 70.8 Å². The fraction of sp³-hybridized carbons (Fsp3) is 0.318. The van der Waals surface area contributed by atoms with Crippen molar-refractivity contribution in [2.75, 3.05) is 13.1 Å². The number of aromatic carboxylic acids is 1. The van der Waals surface area contributed by atoms with E-state index in [9.17, 15) is 19.5 Å². The van der Waals surface area contributed by atoms with Gasteiger partial charge < -0.3 is 15.3 Å². The number of hydrogen-bond donors (Lipinski definition) is 2. The quantitative estimate of drug-likeness (QED) is 0.835. The molecule has 0 atom stereocenters. The van der Waals surface area contributed by atoms with Gasteiger partial charge >= 0.3 is 5.97 Å². The number of carbonyl (C=O) groups is 3. The van der Waals surface area contributed by atoms with Crippen LogP contribution >= 0.6 is 0 Å². The Labute approximate surface area is 164 Å². The van der Waals surface area contributed by atoms with Crippen LogP contribution in [0, 0.1) is 6.92 Å². The monoisotopic (exact) mass is 380 g/mol. The Morgan fingerprint density at radius 2 is 1.61 bits per heavy atom. The molecule has 2 aromatic carbocycles. The standard InChI is InChI=1S/C22H24N2O4/c1-15-6-2-4-8-18(15)21(26)23-17-10-12-24(13-11-17)20(25)14-16-7-3-5-9-19(16)22(27)28/h2-9,17H,10-14H2,1H3,(H,23,26)(H,27,28). The third kappa shape index (κ3) is 4.57. The van der Waals surface area contributed by atoms with Gasteiger partial charge in [-0.2, -0.15) is 0 Å².